The molecule has 26 heavy (non-hydrogen) atoms. The molecule has 0 heterocycles. The van der Waals surface area contributed by atoms with Crippen LogP contribution in [0.15, 0.2) is 0 Å². The molecule has 0 aliphatic heterocycles. The van der Waals surface area contributed by atoms with E-state index in [2.05, 4.69) is 15.5 Å². The maximum Gasteiger partial charge on any atom is 0.200 e. The van der Waals surface area contributed by atoms with Gasteiger partial charge in [0.05, 0.1) is 0 Å². The fourth-order valence-corrected chi connectivity index (χ4v) is 4.84. The average Bonchev–Trinajstić information content (AvgIpc) is 2.62. The highest BCUT2D eigenvalue weighted by Gasteiger charge is 2.30. The number of rotatable bonds is 4. The van der Waals surface area contributed by atoms with E-state index in [1.807, 2.05) is 0 Å². The third-order valence-electron chi connectivity index (χ3n) is 3.26. The highest BCUT2D eigenvalue weighted by molar-refractivity contribution is 9.39. The van der Waals surface area contributed by atoms with E-state index in [1.54, 1.807) is 0 Å². The fourth-order valence-electron chi connectivity index (χ4n) is 1.98. The van der Waals surface area contributed by atoms with Crippen LogP contribution in [-0.4, -0.2) is 0 Å². The van der Waals surface area contributed by atoms with Crippen molar-refractivity contribution in [3.05, 3.63) is 69.3 Å². The molecule has 2 aromatic rings. The van der Waals surface area contributed by atoms with Gasteiger partial charge in [-0.1, -0.05) is 15.5 Å². The first kappa shape index (κ1) is 21.0. The van der Waals surface area contributed by atoms with Crippen molar-refractivity contribution in [2.45, 2.75) is 12.3 Å². The van der Waals surface area contributed by atoms with Crippen LogP contribution in [0.4, 0.5) is 43.9 Å². The van der Waals surface area contributed by atoms with Gasteiger partial charge >= 0.3 is 0 Å². The largest absolute Gasteiger partial charge is 0.203 e. The molecule has 0 unspecified atom stereocenters. The molecular formula is C14H4BrF10P. The Kier molecular flexibility index (Phi) is 6.22. The highest BCUT2D eigenvalue weighted by atomic mass is 79.9. The van der Waals surface area contributed by atoms with Crippen molar-refractivity contribution in [1.29, 1.82) is 0 Å². The number of halogens is 11. The first-order valence-corrected chi connectivity index (χ1v) is 10.1. The van der Waals surface area contributed by atoms with E-state index in [1.165, 1.54) is 0 Å². The van der Waals surface area contributed by atoms with Crippen LogP contribution in [0.25, 0.3) is 0 Å². The summed E-state index contributed by atoms with van der Waals surface area (Å²) in [5.74, 6) is -22.2. The van der Waals surface area contributed by atoms with Crippen LogP contribution in [-0.2, 0) is 12.3 Å². The van der Waals surface area contributed by atoms with Crippen LogP contribution in [0, 0.1) is 58.2 Å². The third kappa shape index (κ3) is 3.55. The summed E-state index contributed by atoms with van der Waals surface area (Å²) in [6.45, 7) is -2.13. The Bertz CT molecular complexity index is 755. The van der Waals surface area contributed by atoms with Gasteiger partial charge in [-0.25, -0.2) is 43.9 Å². The third-order valence-corrected chi connectivity index (χ3v) is 6.08. The number of benzene rings is 2. The first-order chi connectivity index (χ1) is 12.0. The SMILES string of the molecule is Fc1c(F)c(F)c(CP(Br)Cc2c(F)c(F)c(F)c(F)c2F)c(F)c1F. The van der Waals surface area contributed by atoms with Crippen LogP contribution in [0.2, 0.25) is 0 Å². The lowest BCUT2D eigenvalue weighted by Gasteiger charge is -2.15. The molecule has 0 nitrogen and oxygen atoms in total. The topological polar surface area (TPSA) is 0 Å². The van der Waals surface area contributed by atoms with Crippen LogP contribution in [0.5, 0.6) is 0 Å². The van der Waals surface area contributed by atoms with Gasteiger partial charge in [0.2, 0.25) is 11.6 Å². The van der Waals surface area contributed by atoms with Gasteiger partial charge in [0.15, 0.2) is 46.5 Å². The molecule has 2 rings (SSSR count). The summed E-state index contributed by atoms with van der Waals surface area (Å²) in [4.78, 5) is 0. The van der Waals surface area contributed by atoms with Gasteiger partial charge in [0.1, 0.15) is 0 Å². The van der Waals surface area contributed by atoms with E-state index in [9.17, 15) is 43.9 Å². The molecule has 0 saturated heterocycles. The van der Waals surface area contributed by atoms with Gasteiger partial charge in [-0.15, -0.1) is 0 Å². The van der Waals surface area contributed by atoms with Gasteiger partial charge in [-0.3, -0.25) is 0 Å². The Labute approximate surface area is 148 Å². The summed E-state index contributed by atoms with van der Waals surface area (Å²) >= 11 is 2.74. The van der Waals surface area contributed by atoms with Crippen LogP contribution >= 0.6 is 22.1 Å². The molecular weight excluding hydrogens is 469 g/mol. The van der Waals surface area contributed by atoms with Crippen molar-refractivity contribution in [2.24, 2.45) is 0 Å². The minimum absolute atomic E-state index is 0.916. The molecule has 0 spiro atoms. The molecule has 0 saturated carbocycles. The molecule has 0 atom stereocenters. The highest BCUT2D eigenvalue weighted by Crippen LogP contribution is 2.52. The summed E-state index contributed by atoms with van der Waals surface area (Å²) in [5.41, 5.74) is -2.54. The summed E-state index contributed by atoms with van der Waals surface area (Å²) in [5, 5.41) is 0. The lowest BCUT2D eigenvalue weighted by molar-refractivity contribution is 0.372. The Morgan fingerprint density at radius 1 is 0.423 bits per heavy atom. The smallest absolute Gasteiger partial charge is 0.200 e. The maximum atomic E-state index is 13.6. The van der Waals surface area contributed by atoms with E-state index in [0.29, 0.717) is 0 Å². The zero-order chi connectivity index (χ0) is 19.9. The predicted octanol–water partition coefficient (Wildman–Crippen LogP) is 6.57. The second-order valence-corrected chi connectivity index (χ2v) is 9.44. The van der Waals surface area contributed by atoms with Crippen LogP contribution < -0.4 is 0 Å². The minimum atomic E-state index is -2.39. The first-order valence-electron chi connectivity index (χ1n) is 6.40. The van der Waals surface area contributed by atoms with Gasteiger partial charge in [-0.05, 0) is 6.62 Å². The Morgan fingerprint density at radius 3 is 0.846 bits per heavy atom. The van der Waals surface area contributed by atoms with Gasteiger partial charge in [-0.2, -0.15) is 0 Å². The molecule has 142 valence electrons. The molecule has 0 aromatic heterocycles. The molecule has 0 bridgehead atoms. The predicted molar refractivity (Wildman–Crippen MR) is 75.7 cm³/mol. The molecule has 0 N–H and O–H groups in total. The second kappa shape index (κ2) is 7.72. The van der Waals surface area contributed by atoms with Gasteiger partial charge in [0, 0.05) is 23.5 Å². The van der Waals surface area contributed by atoms with E-state index in [0.717, 1.165) is 0 Å². The standard InChI is InChI=1S/C14H4BrF10P/c15-26(1-3-5(16)9(20)13(24)10(21)6(3)17)2-4-7(18)11(22)14(25)12(23)8(4)19/h1-2H2. The normalized spacial score (nSPS) is 11.5. The van der Waals surface area contributed by atoms with Crippen molar-refractivity contribution >= 4 is 22.1 Å². The Hall–Kier alpha value is -1.35. The molecule has 0 radical (unpaired) electrons. The zero-order valence-corrected chi connectivity index (χ0v) is 14.5. The van der Waals surface area contributed by atoms with Gasteiger partial charge in [0.25, 0.3) is 0 Å². The minimum Gasteiger partial charge on any atom is -0.203 e. The molecule has 0 aliphatic carbocycles. The fraction of sp³-hybridized carbons (Fsp3) is 0.143. The van der Waals surface area contributed by atoms with Crippen molar-refractivity contribution in [3.63, 3.8) is 0 Å². The van der Waals surface area contributed by atoms with E-state index in [4.69, 9.17) is 0 Å². The van der Waals surface area contributed by atoms with Crippen molar-refractivity contribution in [2.75, 3.05) is 0 Å². The average molecular weight is 473 g/mol. The quantitative estimate of drug-likeness (QED) is 0.204. The van der Waals surface area contributed by atoms with Crippen molar-refractivity contribution in [1.82, 2.24) is 0 Å². The zero-order valence-electron chi connectivity index (χ0n) is 12.0. The monoisotopic (exact) mass is 472 g/mol. The van der Waals surface area contributed by atoms with E-state index < -0.39 is 88.2 Å². The maximum absolute atomic E-state index is 13.6. The number of hydrogen-bond donors (Lipinski definition) is 0. The molecule has 2 aromatic carbocycles. The summed E-state index contributed by atoms with van der Waals surface area (Å²) < 4.78 is 133. The van der Waals surface area contributed by atoms with Crippen LogP contribution in [0.1, 0.15) is 11.1 Å². The van der Waals surface area contributed by atoms with E-state index >= 15 is 0 Å². The van der Waals surface area contributed by atoms with Crippen molar-refractivity contribution < 1.29 is 43.9 Å². The van der Waals surface area contributed by atoms with Crippen LogP contribution in [0.3, 0.4) is 0 Å². The molecule has 0 fully saturated rings. The van der Waals surface area contributed by atoms with E-state index in [-0.39, 0.29) is 0 Å². The summed E-state index contributed by atoms with van der Waals surface area (Å²) in [6, 6.07) is 0. The van der Waals surface area contributed by atoms with Crippen molar-refractivity contribution in [3.8, 4) is 0 Å². The summed E-state index contributed by atoms with van der Waals surface area (Å²) in [6.07, 6.45) is -1.83. The summed E-state index contributed by atoms with van der Waals surface area (Å²) in [7, 11) is 0. The molecule has 0 aliphatic rings. The van der Waals surface area contributed by atoms with Gasteiger partial charge < -0.3 is 0 Å². The molecule has 0 amide bonds. The lowest BCUT2D eigenvalue weighted by Crippen LogP contribution is -2.08. The lowest BCUT2D eigenvalue weighted by atomic mass is 10.2. The Morgan fingerprint density at radius 2 is 0.615 bits per heavy atom. The molecule has 12 heteroatoms. The number of hydrogen-bond acceptors (Lipinski definition) is 0. The second-order valence-electron chi connectivity index (χ2n) is 4.88. The Balaban J connectivity index is 2.39.